The molecule has 16 heavy (non-hydrogen) atoms. The Hall–Kier alpha value is -1.77. The van der Waals surface area contributed by atoms with Gasteiger partial charge in [-0.15, -0.1) is 0 Å². The number of anilines is 1. The summed E-state index contributed by atoms with van der Waals surface area (Å²) in [6.07, 6.45) is -3.71. The van der Waals surface area contributed by atoms with Crippen LogP contribution in [0.4, 0.5) is 19.0 Å². The van der Waals surface area contributed by atoms with Crippen LogP contribution in [-0.2, 0) is 0 Å². The zero-order valence-corrected chi connectivity index (χ0v) is 8.60. The molecule has 0 aliphatic rings. The molecule has 86 valence electrons. The van der Waals surface area contributed by atoms with E-state index in [4.69, 9.17) is 5.26 Å². The number of nitriles is 1. The molecule has 1 rings (SSSR count). The van der Waals surface area contributed by atoms with Gasteiger partial charge < -0.3 is 5.32 Å². The molecule has 0 atom stereocenters. The third-order valence-electron chi connectivity index (χ3n) is 1.97. The average molecular weight is 229 g/mol. The number of nitrogens with zero attached hydrogens (tertiary/aromatic N) is 2. The van der Waals surface area contributed by atoms with E-state index in [2.05, 4.69) is 10.3 Å². The van der Waals surface area contributed by atoms with E-state index in [9.17, 15) is 13.2 Å². The predicted molar refractivity (Wildman–Crippen MR) is 52.9 cm³/mol. The summed E-state index contributed by atoms with van der Waals surface area (Å²) in [6, 6.07) is 3.54. The second-order valence-electron chi connectivity index (χ2n) is 3.26. The third kappa shape index (κ3) is 3.42. The zero-order valence-electron chi connectivity index (χ0n) is 8.60. The van der Waals surface area contributed by atoms with Crippen LogP contribution in [0.25, 0.3) is 0 Å². The number of hydrogen-bond donors (Lipinski definition) is 1. The van der Waals surface area contributed by atoms with E-state index >= 15 is 0 Å². The molecule has 0 aromatic carbocycles. The fourth-order valence-electron chi connectivity index (χ4n) is 1.16. The van der Waals surface area contributed by atoms with E-state index in [1.165, 1.54) is 6.20 Å². The Morgan fingerprint density at radius 1 is 1.50 bits per heavy atom. The Morgan fingerprint density at radius 3 is 2.75 bits per heavy atom. The molecule has 0 bridgehead atoms. The van der Waals surface area contributed by atoms with Gasteiger partial charge in [0.15, 0.2) is 0 Å². The Morgan fingerprint density at radius 2 is 2.19 bits per heavy atom. The lowest BCUT2D eigenvalue weighted by Gasteiger charge is -2.10. The number of nitrogens with one attached hydrogen (secondary N) is 1. The monoisotopic (exact) mass is 229 g/mol. The first-order valence-corrected chi connectivity index (χ1v) is 4.60. The van der Waals surface area contributed by atoms with Crippen molar-refractivity contribution in [2.24, 2.45) is 0 Å². The lowest BCUT2D eigenvalue weighted by molar-refractivity contribution is -0.131. The second kappa shape index (κ2) is 4.84. The first-order valence-electron chi connectivity index (χ1n) is 4.60. The van der Waals surface area contributed by atoms with Crippen LogP contribution in [0, 0.1) is 18.3 Å². The molecule has 0 saturated carbocycles. The van der Waals surface area contributed by atoms with Gasteiger partial charge in [-0.05, 0) is 18.6 Å². The van der Waals surface area contributed by atoms with Crippen LogP contribution in [-0.4, -0.2) is 17.7 Å². The highest BCUT2D eigenvalue weighted by Gasteiger charge is 2.26. The summed E-state index contributed by atoms with van der Waals surface area (Å²) in [5.41, 5.74) is 0.969. The van der Waals surface area contributed by atoms with E-state index < -0.39 is 12.6 Å². The molecule has 0 saturated heterocycles. The molecule has 1 aromatic rings. The molecule has 0 spiro atoms. The van der Waals surface area contributed by atoms with E-state index in [1.54, 1.807) is 13.0 Å². The van der Waals surface area contributed by atoms with Crippen LogP contribution < -0.4 is 5.32 Å². The highest BCUT2D eigenvalue weighted by Crippen LogP contribution is 2.20. The topological polar surface area (TPSA) is 48.7 Å². The average Bonchev–Trinajstić information content (AvgIpc) is 2.16. The normalized spacial score (nSPS) is 10.9. The minimum atomic E-state index is -4.20. The first kappa shape index (κ1) is 12.3. The maximum Gasteiger partial charge on any atom is 0.390 e. The molecule has 0 radical (unpaired) electrons. The minimum absolute atomic E-state index is 0.201. The van der Waals surface area contributed by atoms with Crippen LogP contribution in [0.5, 0.6) is 0 Å². The van der Waals surface area contributed by atoms with Gasteiger partial charge in [0, 0.05) is 12.7 Å². The van der Waals surface area contributed by atoms with Crippen molar-refractivity contribution in [3.8, 4) is 6.07 Å². The van der Waals surface area contributed by atoms with Gasteiger partial charge in [-0.2, -0.15) is 18.4 Å². The largest absolute Gasteiger partial charge is 0.390 e. The highest BCUT2D eigenvalue weighted by atomic mass is 19.4. The summed E-state index contributed by atoms with van der Waals surface area (Å²) < 4.78 is 35.7. The van der Waals surface area contributed by atoms with Crippen molar-refractivity contribution in [2.45, 2.75) is 19.5 Å². The van der Waals surface area contributed by atoms with Gasteiger partial charge in [0.2, 0.25) is 0 Å². The molecule has 1 aromatic heterocycles. The number of hydrogen-bond acceptors (Lipinski definition) is 3. The molecular formula is C10H10F3N3. The number of rotatable bonds is 3. The first-order chi connectivity index (χ1) is 7.44. The van der Waals surface area contributed by atoms with Gasteiger partial charge in [-0.1, -0.05) is 0 Å². The molecule has 0 amide bonds. The Labute approximate surface area is 90.9 Å². The third-order valence-corrected chi connectivity index (χ3v) is 1.97. The molecular weight excluding hydrogens is 219 g/mol. The van der Waals surface area contributed by atoms with Crippen molar-refractivity contribution in [1.29, 1.82) is 5.26 Å². The van der Waals surface area contributed by atoms with E-state index in [-0.39, 0.29) is 17.9 Å². The van der Waals surface area contributed by atoms with Gasteiger partial charge in [-0.25, -0.2) is 4.98 Å². The maximum atomic E-state index is 11.9. The van der Waals surface area contributed by atoms with Crippen LogP contribution in [0.15, 0.2) is 12.3 Å². The van der Waals surface area contributed by atoms with Crippen LogP contribution in [0.2, 0.25) is 0 Å². The zero-order chi connectivity index (χ0) is 12.2. The molecule has 0 aliphatic heterocycles. The van der Waals surface area contributed by atoms with Crippen molar-refractivity contribution in [3.05, 3.63) is 23.4 Å². The number of pyridine rings is 1. The van der Waals surface area contributed by atoms with Crippen LogP contribution in [0.1, 0.15) is 17.5 Å². The lowest BCUT2D eigenvalue weighted by Crippen LogP contribution is -2.15. The van der Waals surface area contributed by atoms with Crippen molar-refractivity contribution in [1.82, 2.24) is 4.98 Å². The molecule has 0 fully saturated rings. The number of aromatic nitrogens is 1. The Balaban J connectivity index is 2.68. The summed E-state index contributed by atoms with van der Waals surface area (Å²) in [6.45, 7) is 1.42. The van der Waals surface area contributed by atoms with Crippen LogP contribution in [0.3, 0.4) is 0 Å². The Kier molecular flexibility index (Phi) is 3.72. The Bertz CT molecular complexity index is 407. The van der Waals surface area contributed by atoms with Crippen molar-refractivity contribution < 1.29 is 13.2 Å². The smallest absolute Gasteiger partial charge is 0.369 e. The van der Waals surface area contributed by atoms with Gasteiger partial charge in [0.05, 0.1) is 12.0 Å². The molecule has 3 nitrogen and oxygen atoms in total. The fourth-order valence-corrected chi connectivity index (χ4v) is 1.16. The van der Waals surface area contributed by atoms with Gasteiger partial charge >= 0.3 is 6.18 Å². The minimum Gasteiger partial charge on any atom is -0.369 e. The summed E-state index contributed by atoms with van der Waals surface area (Å²) >= 11 is 0. The predicted octanol–water partition coefficient (Wildman–Crippen LogP) is 2.63. The molecule has 6 heteroatoms. The fraction of sp³-hybridized carbons (Fsp3) is 0.400. The van der Waals surface area contributed by atoms with E-state index in [1.807, 2.05) is 6.07 Å². The van der Waals surface area contributed by atoms with Gasteiger partial charge in [0.1, 0.15) is 11.9 Å². The summed E-state index contributed by atoms with van der Waals surface area (Å²) in [7, 11) is 0. The second-order valence-corrected chi connectivity index (χ2v) is 3.26. The summed E-state index contributed by atoms with van der Waals surface area (Å²) in [5.74, 6) is 0.201. The summed E-state index contributed by atoms with van der Waals surface area (Å²) in [4.78, 5) is 3.83. The van der Waals surface area contributed by atoms with Crippen LogP contribution >= 0.6 is 0 Å². The quantitative estimate of drug-likeness (QED) is 0.866. The van der Waals surface area contributed by atoms with Gasteiger partial charge in [0.25, 0.3) is 0 Å². The molecule has 1 heterocycles. The van der Waals surface area contributed by atoms with Crippen molar-refractivity contribution in [3.63, 3.8) is 0 Å². The SMILES string of the molecule is Cc1ccnc(NCCC(F)(F)F)c1C#N. The number of halogens is 3. The number of aryl methyl sites for hydroxylation is 1. The molecule has 0 aliphatic carbocycles. The summed E-state index contributed by atoms with van der Waals surface area (Å²) in [5, 5.41) is 11.3. The van der Waals surface area contributed by atoms with Gasteiger partial charge in [-0.3, -0.25) is 0 Å². The van der Waals surface area contributed by atoms with E-state index in [0.29, 0.717) is 5.56 Å². The maximum absolute atomic E-state index is 11.9. The lowest BCUT2D eigenvalue weighted by atomic mass is 10.1. The van der Waals surface area contributed by atoms with Crippen molar-refractivity contribution in [2.75, 3.05) is 11.9 Å². The van der Waals surface area contributed by atoms with E-state index in [0.717, 1.165) is 0 Å². The molecule has 1 N–H and O–H groups in total. The van der Waals surface area contributed by atoms with Crippen molar-refractivity contribution >= 4 is 5.82 Å². The highest BCUT2D eigenvalue weighted by molar-refractivity contribution is 5.55. The standard InChI is InChI=1S/C10H10F3N3/c1-7-2-4-15-9(8(7)6-14)16-5-3-10(11,12)13/h2,4H,3,5H2,1H3,(H,15,16). The molecule has 0 unspecified atom stereocenters. The number of alkyl halides is 3.